The zero-order chi connectivity index (χ0) is 29.2. The quantitative estimate of drug-likeness (QED) is 0.145. The van der Waals surface area contributed by atoms with E-state index in [0.29, 0.717) is 0 Å². The predicted molar refractivity (Wildman–Crippen MR) is 188 cm³/mol. The van der Waals surface area contributed by atoms with Crippen molar-refractivity contribution in [3.8, 4) is 20.9 Å². The Morgan fingerprint density at radius 1 is 0.545 bits per heavy atom. The summed E-state index contributed by atoms with van der Waals surface area (Å²) in [7, 11) is 0. The van der Waals surface area contributed by atoms with Crippen molar-refractivity contribution in [3.63, 3.8) is 0 Å². The maximum Gasteiger partial charge on any atom is 0.0326 e. The van der Waals surface area contributed by atoms with E-state index in [0.717, 1.165) is 0 Å². The fourth-order valence-electron chi connectivity index (χ4n) is 5.57. The van der Waals surface area contributed by atoms with Crippen LogP contribution in [-0.4, -0.2) is 5.43 Å². The van der Waals surface area contributed by atoms with Crippen LogP contribution < -0.4 is 24.8 Å². The van der Waals surface area contributed by atoms with Gasteiger partial charge in [-0.25, -0.2) is 0 Å². The van der Waals surface area contributed by atoms with E-state index in [1.54, 1.807) is 23.3 Å². The van der Waals surface area contributed by atoms with Crippen molar-refractivity contribution in [1.82, 2.24) is 0 Å². The molecule has 0 atom stereocenters. The molecule has 6 aromatic carbocycles. The van der Waals surface area contributed by atoms with Crippen LogP contribution in [-0.2, 0) is 23.3 Å². The summed E-state index contributed by atoms with van der Waals surface area (Å²) >= 11 is 5.42. The number of benzene rings is 4. The standard InChI is InChI=1S/2C18H13S.C2H6Si.2ClH.Zr/c2*1-12-9-13-6-4-8-16(17(13)10-12)18-15-7-3-2-5-14(15)11-19-18;1-3-2;;;/h2*2-11H,1H3;1-2H3;2*1H;/q2*-1;;;;+2/p-2. The van der Waals surface area contributed by atoms with E-state index in [4.69, 9.17) is 0 Å². The molecular weight excluding hydrogens is 711 g/mol. The largest absolute Gasteiger partial charge is 1.00 e. The molecule has 0 aliphatic rings. The molecule has 2 aromatic heterocycles. The first-order valence-electron chi connectivity index (χ1n) is 14.2. The van der Waals surface area contributed by atoms with Crippen molar-refractivity contribution >= 4 is 71.2 Å². The molecule has 0 saturated carbocycles. The minimum absolute atomic E-state index is 0. The van der Waals surface area contributed by atoms with E-state index in [-0.39, 0.29) is 30.2 Å². The summed E-state index contributed by atoms with van der Waals surface area (Å²) in [6, 6.07) is 39.5. The summed E-state index contributed by atoms with van der Waals surface area (Å²) in [5.41, 5.74) is 5.60. The Labute approximate surface area is 295 Å². The summed E-state index contributed by atoms with van der Waals surface area (Å²) in [6.07, 6.45) is 0. The number of rotatable bonds is 2. The monoisotopic (exact) mass is 740 g/mol. The molecule has 0 fully saturated rings. The van der Waals surface area contributed by atoms with Gasteiger partial charge in [-0.05, 0) is 32.3 Å². The van der Waals surface area contributed by atoms with Crippen molar-refractivity contribution in [1.29, 1.82) is 0 Å². The summed E-state index contributed by atoms with van der Waals surface area (Å²) in [5.74, 6) is 0. The van der Waals surface area contributed by atoms with Crippen molar-refractivity contribution in [2.75, 3.05) is 0 Å². The first-order chi connectivity index (χ1) is 20.4. The van der Waals surface area contributed by atoms with E-state index in [9.17, 15) is 0 Å². The molecule has 8 rings (SSSR count). The number of fused-ring (bicyclic) bond motifs is 4. The zero-order valence-electron chi connectivity index (χ0n) is 25.1. The van der Waals surface area contributed by atoms with Gasteiger partial charge in [0.05, 0.1) is 0 Å². The van der Waals surface area contributed by atoms with Crippen LogP contribution in [0.2, 0.25) is 13.1 Å². The van der Waals surface area contributed by atoms with E-state index < -0.39 is 0 Å². The average molecular weight is 743 g/mol. The molecule has 0 nitrogen and oxygen atoms in total. The average Bonchev–Trinajstić information content (AvgIpc) is 3.76. The maximum atomic E-state index is 2.31. The second-order valence-corrected chi connectivity index (χ2v) is 22.1. The number of hydrogen-bond acceptors (Lipinski definition) is 2. The zero-order valence-corrected chi connectivity index (χ0v) is 31.7. The van der Waals surface area contributed by atoms with E-state index in [1.165, 1.54) is 75.1 Å². The molecule has 2 heterocycles. The molecule has 220 valence electrons. The van der Waals surface area contributed by atoms with Crippen LogP contribution in [0, 0.1) is 13.8 Å². The van der Waals surface area contributed by atoms with Crippen LogP contribution in [0.25, 0.3) is 64.0 Å². The van der Waals surface area contributed by atoms with Crippen LogP contribution in [0.1, 0.15) is 11.1 Å². The Bertz CT molecular complexity index is 2030. The van der Waals surface area contributed by atoms with Crippen molar-refractivity contribution in [2.24, 2.45) is 0 Å². The van der Waals surface area contributed by atoms with Crippen LogP contribution >= 0.6 is 22.7 Å². The first kappa shape index (κ1) is 34.6. The third-order valence-electron chi connectivity index (χ3n) is 7.30. The van der Waals surface area contributed by atoms with E-state index >= 15 is 0 Å². The van der Waals surface area contributed by atoms with Crippen molar-refractivity contribution in [3.05, 3.63) is 131 Å². The maximum absolute atomic E-state index is 2.31. The number of halogens is 2. The van der Waals surface area contributed by atoms with Gasteiger partial charge in [-0.2, -0.15) is 12.1 Å². The summed E-state index contributed by atoms with van der Waals surface area (Å²) in [6.45, 7) is 8.94. The van der Waals surface area contributed by atoms with Gasteiger partial charge in [0, 0.05) is 9.75 Å². The minimum atomic E-state index is 0. The number of thiophene rings is 2. The molecule has 0 saturated heterocycles. The minimum Gasteiger partial charge on any atom is -1.00 e. The third-order valence-corrected chi connectivity index (χ3v) is 9.39. The molecule has 8 aromatic rings. The molecule has 6 heteroatoms. The normalized spacial score (nSPS) is 10.5. The molecule has 0 spiro atoms. The Kier molecular flexibility index (Phi) is 12.0. The molecular formula is C38H32Cl2S2SiZr-2. The Balaban J connectivity index is 0.000000172. The molecule has 0 radical (unpaired) electrons. The van der Waals surface area contributed by atoms with Crippen LogP contribution in [0.3, 0.4) is 0 Å². The van der Waals surface area contributed by atoms with Gasteiger partial charge >= 0.3 is 41.9 Å². The van der Waals surface area contributed by atoms with Gasteiger partial charge in [0.1, 0.15) is 0 Å². The summed E-state index contributed by atoms with van der Waals surface area (Å²) in [4.78, 5) is 2.76. The SMILES string of the molecule is C[Si](C)=[Zr+2].Cc1cc2c(-c3scc4ccccc34)cccc2[cH-]1.Cc1cc2c(-c3scc4ccccc34)cccc2[cH-]1.[Cl-].[Cl-]. The van der Waals surface area contributed by atoms with E-state index in [1.807, 2.05) is 22.7 Å². The van der Waals surface area contributed by atoms with Gasteiger partial charge in [-0.1, -0.05) is 85.6 Å². The van der Waals surface area contributed by atoms with Crippen LogP contribution in [0.15, 0.2) is 120 Å². The fraction of sp³-hybridized carbons (Fsp3) is 0.105. The van der Waals surface area contributed by atoms with Gasteiger partial charge in [0.2, 0.25) is 0 Å². The molecule has 0 amide bonds. The fourth-order valence-corrected chi connectivity index (χ4v) is 7.70. The van der Waals surface area contributed by atoms with Gasteiger partial charge in [0.15, 0.2) is 0 Å². The van der Waals surface area contributed by atoms with Crippen LogP contribution in [0.4, 0.5) is 0 Å². The molecule has 0 aliphatic heterocycles. The first-order valence-corrected chi connectivity index (χ1v) is 22.1. The number of aryl methyl sites for hydroxylation is 2. The Hall–Kier alpha value is -2.30. The second kappa shape index (κ2) is 15.3. The number of hydrogen-bond donors (Lipinski definition) is 0. The van der Waals surface area contributed by atoms with Gasteiger partial charge < -0.3 is 24.8 Å². The third kappa shape index (κ3) is 7.39. The predicted octanol–water partition coefficient (Wildman–Crippen LogP) is 6.29. The molecule has 44 heavy (non-hydrogen) atoms. The summed E-state index contributed by atoms with van der Waals surface area (Å²) in [5, 5.41) is 15.3. The molecule has 0 aliphatic carbocycles. The van der Waals surface area contributed by atoms with Crippen molar-refractivity contribution < 1.29 is 48.1 Å². The van der Waals surface area contributed by atoms with Gasteiger partial charge in [-0.15, -0.1) is 91.7 Å². The Morgan fingerprint density at radius 2 is 0.932 bits per heavy atom. The Morgan fingerprint density at radius 3 is 1.34 bits per heavy atom. The van der Waals surface area contributed by atoms with E-state index in [2.05, 4.69) is 147 Å². The van der Waals surface area contributed by atoms with Crippen molar-refractivity contribution in [2.45, 2.75) is 26.9 Å². The second-order valence-electron chi connectivity index (χ2n) is 11.0. The topological polar surface area (TPSA) is 0 Å². The van der Waals surface area contributed by atoms with Gasteiger partial charge in [-0.3, -0.25) is 0 Å². The molecule has 0 bridgehead atoms. The molecule has 0 N–H and O–H groups in total. The molecule has 0 unspecified atom stereocenters. The van der Waals surface area contributed by atoms with Crippen LogP contribution in [0.5, 0.6) is 0 Å². The smallest absolute Gasteiger partial charge is 0.0326 e. The summed E-state index contributed by atoms with van der Waals surface area (Å²) < 4.78 is 0. The van der Waals surface area contributed by atoms with Gasteiger partial charge in [0.25, 0.3) is 0 Å².